The van der Waals surface area contributed by atoms with E-state index in [-0.39, 0.29) is 17.9 Å². The molecule has 0 atom stereocenters. The summed E-state index contributed by atoms with van der Waals surface area (Å²) < 4.78 is 0. The lowest BCUT2D eigenvalue weighted by Gasteiger charge is -2.26. The number of amides is 1. The fourth-order valence-corrected chi connectivity index (χ4v) is 3.77. The van der Waals surface area contributed by atoms with Gasteiger partial charge in [-0.25, -0.2) is 0 Å². The lowest BCUT2D eigenvalue weighted by atomic mass is 9.86. The monoisotopic (exact) mass is 319 g/mol. The fraction of sp³-hybridized carbons (Fsp3) is 0.706. The van der Waals surface area contributed by atoms with Crippen molar-refractivity contribution in [3.8, 4) is 0 Å². The first-order valence-electron chi connectivity index (χ1n) is 8.70. The number of H-pyrrole nitrogens is 1. The number of aromatic amines is 1. The maximum atomic E-state index is 12.1. The van der Waals surface area contributed by atoms with Gasteiger partial charge < -0.3 is 10.4 Å². The first-order chi connectivity index (χ1) is 11.1. The van der Waals surface area contributed by atoms with Crippen LogP contribution < -0.4 is 5.32 Å². The Hall–Kier alpha value is -1.85. The smallest absolute Gasteiger partial charge is 0.306 e. The summed E-state index contributed by atoms with van der Waals surface area (Å²) in [7, 11) is 0. The van der Waals surface area contributed by atoms with Gasteiger partial charge in [-0.3, -0.25) is 14.7 Å². The molecule has 6 nitrogen and oxygen atoms in total. The third kappa shape index (κ3) is 3.92. The molecule has 0 spiro atoms. The molecule has 0 bridgehead atoms. The summed E-state index contributed by atoms with van der Waals surface area (Å²) in [6.07, 6.45) is 8.55. The predicted molar refractivity (Wildman–Crippen MR) is 85.1 cm³/mol. The van der Waals surface area contributed by atoms with Crippen molar-refractivity contribution in [3.63, 3.8) is 0 Å². The maximum absolute atomic E-state index is 12.1. The van der Waals surface area contributed by atoms with Gasteiger partial charge in [0.15, 0.2) is 0 Å². The minimum Gasteiger partial charge on any atom is -0.481 e. The van der Waals surface area contributed by atoms with Gasteiger partial charge in [-0.15, -0.1) is 0 Å². The van der Waals surface area contributed by atoms with Gasteiger partial charge in [0.25, 0.3) is 0 Å². The topological polar surface area (TPSA) is 95.1 Å². The Morgan fingerprint density at radius 3 is 2.65 bits per heavy atom. The van der Waals surface area contributed by atoms with Crippen molar-refractivity contribution < 1.29 is 14.7 Å². The SMILES string of the molecule is O=C(CCc1n[nH]c2c1CCCC2)NC1CCC(C(=O)O)CC1. The first-order valence-corrected chi connectivity index (χ1v) is 8.70. The molecule has 0 saturated heterocycles. The van der Waals surface area contributed by atoms with Gasteiger partial charge in [-0.2, -0.15) is 5.10 Å². The number of rotatable bonds is 5. The van der Waals surface area contributed by atoms with Crippen molar-refractivity contribution >= 4 is 11.9 Å². The highest BCUT2D eigenvalue weighted by molar-refractivity contribution is 5.76. The summed E-state index contributed by atoms with van der Waals surface area (Å²) in [4.78, 5) is 23.1. The number of carboxylic acids is 1. The summed E-state index contributed by atoms with van der Waals surface area (Å²) in [5, 5.41) is 19.5. The van der Waals surface area contributed by atoms with Gasteiger partial charge in [0, 0.05) is 24.6 Å². The van der Waals surface area contributed by atoms with Crippen LogP contribution in [0, 0.1) is 5.92 Å². The van der Waals surface area contributed by atoms with E-state index >= 15 is 0 Å². The van der Waals surface area contributed by atoms with Crippen LogP contribution in [0.5, 0.6) is 0 Å². The van der Waals surface area contributed by atoms with E-state index < -0.39 is 5.97 Å². The molecule has 1 aromatic heterocycles. The van der Waals surface area contributed by atoms with Crippen LogP contribution in [-0.2, 0) is 28.9 Å². The largest absolute Gasteiger partial charge is 0.481 e. The summed E-state index contributed by atoms with van der Waals surface area (Å²) >= 11 is 0. The lowest BCUT2D eigenvalue weighted by Crippen LogP contribution is -2.38. The van der Waals surface area contributed by atoms with E-state index in [9.17, 15) is 9.59 Å². The molecular weight excluding hydrogens is 294 g/mol. The lowest BCUT2D eigenvalue weighted by molar-refractivity contribution is -0.142. The average Bonchev–Trinajstić information content (AvgIpc) is 2.97. The fourth-order valence-electron chi connectivity index (χ4n) is 3.77. The summed E-state index contributed by atoms with van der Waals surface area (Å²) in [6, 6.07) is 0.131. The van der Waals surface area contributed by atoms with Crippen molar-refractivity contribution in [2.24, 2.45) is 5.92 Å². The highest BCUT2D eigenvalue weighted by atomic mass is 16.4. The Morgan fingerprint density at radius 1 is 1.17 bits per heavy atom. The Morgan fingerprint density at radius 2 is 1.91 bits per heavy atom. The Labute approximate surface area is 136 Å². The van der Waals surface area contributed by atoms with Gasteiger partial charge in [-0.05, 0) is 56.9 Å². The molecule has 3 N–H and O–H groups in total. The number of nitrogens with one attached hydrogen (secondary N) is 2. The standard InChI is InChI=1S/C17H25N3O3/c21-16(18-12-7-5-11(6-8-12)17(22)23)10-9-15-13-3-1-2-4-14(13)19-20-15/h11-12H,1-10H2,(H,18,21)(H,19,20)(H,22,23). The summed E-state index contributed by atoms with van der Waals surface area (Å²) in [5.74, 6) is -0.895. The van der Waals surface area contributed by atoms with Crippen LogP contribution in [-0.4, -0.2) is 33.2 Å². The molecule has 1 saturated carbocycles. The molecule has 2 aliphatic rings. The van der Waals surface area contributed by atoms with Crippen LogP contribution in [0.25, 0.3) is 0 Å². The number of aryl methyl sites for hydroxylation is 2. The zero-order valence-corrected chi connectivity index (χ0v) is 13.4. The average molecular weight is 319 g/mol. The van der Waals surface area contributed by atoms with E-state index in [1.165, 1.54) is 24.1 Å². The number of hydrogen-bond donors (Lipinski definition) is 3. The molecule has 0 aromatic carbocycles. The number of carbonyl (C=O) groups is 2. The number of aliphatic carboxylic acids is 1. The molecular formula is C17H25N3O3. The summed E-state index contributed by atoms with van der Waals surface area (Å²) in [6.45, 7) is 0. The summed E-state index contributed by atoms with van der Waals surface area (Å²) in [5.41, 5.74) is 3.62. The second kappa shape index (κ2) is 7.15. The van der Waals surface area contributed by atoms with Crippen molar-refractivity contribution in [2.45, 2.75) is 70.3 Å². The predicted octanol–water partition coefficient (Wildman–Crippen LogP) is 1.98. The normalized spacial score (nSPS) is 24.0. The van der Waals surface area contributed by atoms with E-state index in [0.29, 0.717) is 25.7 Å². The quantitative estimate of drug-likeness (QED) is 0.773. The molecule has 1 aromatic rings. The van der Waals surface area contributed by atoms with Crippen LogP contribution >= 0.6 is 0 Å². The van der Waals surface area contributed by atoms with Crippen molar-refractivity contribution in [1.82, 2.24) is 15.5 Å². The molecule has 3 rings (SSSR count). The van der Waals surface area contributed by atoms with Crippen LogP contribution in [0.1, 0.15) is 61.9 Å². The maximum Gasteiger partial charge on any atom is 0.306 e. The zero-order chi connectivity index (χ0) is 16.2. The minimum atomic E-state index is -0.710. The Kier molecular flexibility index (Phi) is 4.98. The van der Waals surface area contributed by atoms with E-state index in [4.69, 9.17) is 5.11 Å². The third-order valence-corrected chi connectivity index (χ3v) is 5.17. The van der Waals surface area contributed by atoms with E-state index in [0.717, 1.165) is 31.4 Å². The highest BCUT2D eigenvalue weighted by Crippen LogP contribution is 2.25. The molecule has 6 heteroatoms. The van der Waals surface area contributed by atoms with Crippen LogP contribution in [0.4, 0.5) is 0 Å². The Bertz CT molecular complexity index is 574. The van der Waals surface area contributed by atoms with E-state index in [2.05, 4.69) is 15.5 Å². The number of hydrogen-bond acceptors (Lipinski definition) is 3. The van der Waals surface area contributed by atoms with E-state index in [1.54, 1.807) is 0 Å². The van der Waals surface area contributed by atoms with Crippen molar-refractivity contribution in [2.75, 3.05) is 0 Å². The number of carboxylic acid groups (broad SMARTS) is 1. The molecule has 1 fully saturated rings. The van der Waals surface area contributed by atoms with E-state index in [1.807, 2.05) is 0 Å². The van der Waals surface area contributed by atoms with Crippen molar-refractivity contribution in [1.29, 1.82) is 0 Å². The molecule has 1 amide bonds. The van der Waals surface area contributed by atoms with Gasteiger partial charge in [0.05, 0.1) is 11.6 Å². The third-order valence-electron chi connectivity index (χ3n) is 5.17. The van der Waals surface area contributed by atoms with Crippen LogP contribution in [0.15, 0.2) is 0 Å². The molecule has 1 heterocycles. The first kappa shape index (κ1) is 16.0. The molecule has 0 radical (unpaired) electrons. The molecule has 23 heavy (non-hydrogen) atoms. The van der Waals surface area contributed by atoms with Crippen molar-refractivity contribution in [3.05, 3.63) is 17.0 Å². The minimum absolute atomic E-state index is 0.0522. The zero-order valence-electron chi connectivity index (χ0n) is 13.4. The Balaban J connectivity index is 1.44. The molecule has 2 aliphatic carbocycles. The molecule has 0 aliphatic heterocycles. The molecule has 126 valence electrons. The second-order valence-electron chi connectivity index (χ2n) is 6.79. The van der Waals surface area contributed by atoms with Crippen LogP contribution in [0.2, 0.25) is 0 Å². The van der Waals surface area contributed by atoms with Gasteiger partial charge >= 0.3 is 5.97 Å². The van der Waals surface area contributed by atoms with Gasteiger partial charge in [0.2, 0.25) is 5.91 Å². The number of nitrogens with zero attached hydrogens (tertiary/aromatic N) is 1. The number of aromatic nitrogens is 2. The van der Waals surface area contributed by atoms with Gasteiger partial charge in [-0.1, -0.05) is 0 Å². The van der Waals surface area contributed by atoms with Gasteiger partial charge in [0.1, 0.15) is 0 Å². The highest BCUT2D eigenvalue weighted by Gasteiger charge is 2.26. The number of carbonyl (C=O) groups excluding carboxylic acids is 1. The van der Waals surface area contributed by atoms with Crippen LogP contribution in [0.3, 0.4) is 0 Å². The number of fused-ring (bicyclic) bond motifs is 1. The molecule has 0 unspecified atom stereocenters. The second-order valence-corrected chi connectivity index (χ2v) is 6.79.